The zero-order chi connectivity index (χ0) is 19.6. The summed E-state index contributed by atoms with van der Waals surface area (Å²) in [5, 5.41) is 0. The van der Waals surface area contributed by atoms with Crippen LogP contribution < -0.4 is 9.64 Å². The van der Waals surface area contributed by atoms with Gasteiger partial charge in [0, 0.05) is 32.2 Å². The minimum Gasteiger partial charge on any atom is -0.481 e. The third-order valence-electron chi connectivity index (χ3n) is 6.34. The van der Waals surface area contributed by atoms with E-state index in [9.17, 15) is 4.79 Å². The maximum absolute atomic E-state index is 13.0. The molecule has 4 rings (SSSR count). The van der Waals surface area contributed by atoms with E-state index >= 15 is 0 Å². The molecule has 1 amide bonds. The molecule has 0 saturated carbocycles. The van der Waals surface area contributed by atoms with E-state index in [4.69, 9.17) is 4.74 Å². The Hall–Kier alpha value is -2.63. The molecule has 0 N–H and O–H groups in total. The van der Waals surface area contributed by atoms with Crippen molar-refractivity contribution in [3.63, 3.8) is 0 Å². The lowest BCUT2D eigenvalue weighted by atomic mass is 9.67. The van der Waals surface area contributed by atoms with Crippen molar-refractivity contribution in [2.24, 2.45) is 5.41 Å². The van der Waals surface area contributed by atoms with E-state index in [0.717, 1.165) is 56.8 Å². The maximum atomic E-state index is 13.0. The molecule has 0 aliphatic carbocycles. The van der Waals surface area contributed by atoms with E-state index in [0.29, 0.717) is 5.88 Å². The number of rotatable bonds is 4. The van der Waals surface area contributed by atoms with Crippen molar-refractivity contribution < 1.29 is 9.53 Å². The number of hydrogen-bond donors (Lipinski definition) is 0. The van der Waals surface area contributed by atoms with Gasteiger partial charge in [0.1, 0.15) is 12.1 Å². The van der Waals surface area contributed by atoms with Gasteiger partial charge in [-0.3, -0.25) is 4.79 Å². The number of ether oxygens (including phenoxy) is 1. The van der Waals surface area contributed by atoms with Crippen molar-refractivity contribution in [1.29, 1.82) is 0 Å². The van der Waals surface area contributed by atoms with E-state index in [-0.39, 0.29) is 17.2 Å². The zero-order valence-electron chi connectivity index (χ0n) is 16.7. The number of hydrogen-bond acceptors (Lipinski definition) is 5. The van der Waals surface area contributed by atoms with Crippen molar-refractivity contribution in [3.8, 4) is 5.88 Å². The number of piperidine rings is 2. The Balaban J connectivity index is 1.52. The summed E-state index contributed by atoms with van der Waals surface area (Å²) in [4.78, 5) is 25.9. The van der Waals surface area contributed by atoms with Gasteiger partial charge in [-0.2, -0.15) is 0 Å². The SMILES string of the molecule is CCN1CC2(CCN(c3cc(OC)ncn3)CC2)CC(c2ccccc2)C1=O. The molecule has 0 bridgehead atoms. The number of carbonyl (C=O) groups excluding carboxylic acids is 1. The number of benzene rings is 1. The van der Waals surface area contributed by atoms with Gasteiger partial charge in [0.05, 0.1) is 13.0 Å². The van der Waals surface area contributed by atoms with Crippen LogP contribution in [0.3, 0.4) is 0 Å². The summed E-state index contributed by atoms with van der Waals surface area (Å²) in [6.07, 6.45) is 4.62. The number of amides is 1. The summed E-state index contributed by atoms with van der Waals surface area (Å²) in [5.74, 6) is 1.76. The minimum atomic E-state index is -0.0272. The van der Waals surface area contributed by atoms with Crippen LogP contribution in [0.25, 0.3) is 0 Å². The van der Waals surface area contributed by atoms with Crippen LogP contribution in [-0.2, 0) is 4.79 Å². The quantitative estimate of drug-likeness (QED) is 0.816. The van der Waals surface area contributed by atoms with Crippen molar-refractivity contribution in [1.82, 2.24) is 14.9 Å². The second kappa shape index (κ2) is 7.78. The smallest absolute Gasteiger partial charge is 0.230 e. The number of likely N-dealkylation sites (tertiary alicyclic amines) is 1. The van der Waals surface area contributed by atoms with E-state index in [2.05, 4.69) is 38.8 Å². The molecule has 2 aliphatic rings. The summed E-state index contributed by atoms with van der Waals surface area (Å²) in [7, 11) is 1.62. The third-order valence-corrected chi connectivity index (χ3v) is 6.34. The molecule has 2 aliphatic heterocycles. The first-order valence-corrected chi connectivity index (χ1v) is 10.1. The molecule has 2 saturated heterocycles. The van der Waals surface area contributed by atoms with Crippen molar-refractivity contribution in [3.05, 3.63) is 48.3 Å². The lowest BCUT2D eigenvalue weighted by Crippen LogP contribution is -2.54. The van der Waals surface area contributed by atoms with Crippen LogP contribution in [0.4, 0.5) is 5.82 Å². The summed E-state index contributed by atoms with van der Waals surface area (Å²) < 4.78 is 5.24. The van der Waals surface area contributed by atoms with Crippen molar-refractivity contribution in [2.45, 2.75) is 32.1 Å². The Morgan fingerprint density at radius 2 is 1.93 bits per heavy atom. The summed E-state index contributed by atoms with van der Waals surface area (Å²) in [6.45, 7) is 5.60. The van der Waals surface area contributed by atoms with E-state index in [1.54, 1.807) is 13.4 Å². The first-order valence-electron chi connectivity index (χ1n) is 10.1. The highest BCUT2D eigenvalue weighted by Crippen LogP contribution is 2.46. The van der Waals surface area contributed by atoms with Gasteiger partial charge in [-0.15, -0.1) is 0 Å². The fraction of sp³-hybridized carbons (Fsp3) is 0.500. The maximum Gasteiger partial charge on any atom is 0.230 e. The molecule has 0 radical (unpaired) electrons. The van der Waals surface area contributed by atoms with Crippen molar-refractivity contribution >= 4 is 11.7 Å². The molecule has 6 nitrogen and oxygen atoms in total. The normalized spacial score (nSPS) is 21.8. The molecule has 1 aromatic carbocycles. The van der Waals surface area contributed by atoms with Crippen LogP contribution in [0.2, 0.25) is 0 Å². The number of methoxy groups -OCH3 is 1. The molecule has 1 aromatic heterocycles. The van der Waals surface area contributed by atoms with Crippen LogP contribution in [-0.4, -0.2) is 54.1 Å². The summed E-state index contributed by atoms with van der Waals surface area (Å²) in [5.41, 5.74) is 1.32. The van der Waals surface area contributed by atoms with E-state index in [1.807, 2.05) is 24.3 Å². The Labute approximate surface area is 166 Å². The number of aromatic nitrogens is 2. The van der Waals surface area contributed by atoms with Gasteiger partial charge >= 0.3 is 0 Å². The molecular weight excluding hydrogens is 352 g/mol. The zero-order valence-corrected chi connectivity index (χ0v) is 16.7. The number of likely N-dealkylation sites (N-methyl/N-ethyl adjacent to an activating group) is 1. The van der Waals surface area contributed by atoms with Gasteiger partial charge < -0.3 is 14.5 Å². The fourth-order valence-electron chi connectivity index (χ4n) is 4.69. The van der Waals surface area contributed by atoms with Crippen LogP contribution in [0.15, 0.2) is 42.7 Å². The van der Waals surface area contributed by atoms with Gasteiger partial charge in [-0.05, 0) is 37.2 Å². The molecule has 1 atom stereocenters. The molecular formula is C22H28N4O2. The molecule has 6 heteroatoms. The molecule has 1 spiro atoms. The standard InChI is InChI=1S/C22H28N4O2/c1-3-25-15-22(14-18(21(25)27)17-7-5-4-6-8-17)9-11-26(12-10-22)19-13-20(28-2)24-16-23-19/h4-8,13,16,18H,3,9-12,14-15H2,1-2H3. The first kappa shape index (κ1) is 18.7. The van der Waals surface area contributed by atoms with E-state index < -0.39 is 0 Å². The van der Waals surface area contributed by atoms with Crippen molar-refractivity contribution in [2.75, 3.05) is 38.2 Å². The lowest BCUT2D eigenvalue weighted by Gasteiger charge is -2.50. The Kier molecular flexibility index (Phi) is 5.20. The van der Waals surface area contributed by atoms with Crippen LogP contribution >= 0.6 is 0 Å². The lowest BCUT2D eigenvalue weighted by molar-refractivity contribution is -0.140. The molecule has 148 valence electrons. The topological polar surface area (TPSA) is 58.6 Å². The minimum absolute atomic E-state index is 0.0272. The average Bonchev–Trinajstić information content (AvgIpc) is 2.76. The molecule has 2 fully saturated rings. The highest BCUT2D eigenvalue weighted by atomic mass is 16.5. The Morgan fingerprint density at radius 3 is 2.61 bits per heavy atom. The van der Waals surface area contributed by atoms with Gasteiger partial charge in [0.15, 0.2) is 0 Å². The highest BCUT2D eigenvalue weighted by molar-refractivity contribution is 5.84. The van der Waals surface area contributed by atoms with E-state index in [1.165, 1.54) is 0 Å². The molecule has 3 heterocycles. The predicted octanol–water partition coefficient (Wildman–Crippen LogP) is 3.11. The summed E-state index contributed by atoms with van der Waals surface area (Å²) in [6, 6.07) is 12.2. The third kappa shape index (κ3) is 3.55. The molecule has 1 unspecified atom stereocenters. The molecule has 28 heavy (non-hydrogen) atoms. The van der Waals surface area contributed by atoms with Crippen LogP contribution in [0.5, 0.6) is 5.88 Å². The van der Waals surface area contributed by atoms with Gasteiger partial charge in [-0.1, -0.05) is 30.3 Å². The predicted molar refractivity (Wildman–Crippen MR) is 109 cm³/mol. The monoisotopic (exact) mass is 380 g/mol. The number of anilines is 1. The Morgan fingerprint density at radius 1 is 1.18 bits per heavy atom. The average molecular weight is 380 g/mol. The van der Waals surface area contributed by atoms with Gasteiger partial charge in [-0.25, -0.2) is 9.97 Å². The first-order chi connectivity index (χ1) is 13.6. The van der Waals surface area contributed by atoms with Crippen LogP contribution in [0.1, 0.15) is 37.7 Å². The largest absolute Gasteiger partial charge is 0.481 e. The number of carbonyl (C=O) groups is 1. The van der Waals surface area contributed by atoms with Gasteiger partial charge in [0.2, 0.25) is 11.8 Å². The van der Waals surface area contributed by atoms with Gasteiger partial charge in [0.25, 0.3) is 0 Å². The molecule has 2 aromatic rings. The van der Waals surface area contributed by atoms with Crippen LogP contribution in [0, 0.1) is 5.41 Å². The second-order valence-electron chi connectivity index (χ2n) is 7.93. The highest BCUT2D eigenvalue weighted by Gasteiger charge is 2.45. The summed E-state index contributed by atoms with van der Waals surface area (Å²) >= 11 is 0. The Bertz CT molecular complexity index is 818. The fourth-order valence-corrected chi connectivity index (χ4v) is 4.69. The number of nitrogens with zero attached hydrogens (tertiary/aromatic N) is 4. The second-order valence-corrected chi connectivity index (χ2v) is 7.93.